The largest absolute Gasteiger partial charge is 0.376 e. The number of nitrogens with zero attached hydrogens (tertiary/aromatic N) is 1. The first-order valence-electron chi connectivity index (χ1n) is 5.11. The number of hydrogen-bond acceptors (Lipinski definition) is 3. The fourth-order valence-corrected chi connectivity index (χ4v) is 1.25. The van der Waals surface area contributed by atoms with Crippen LogP contribution in [0, 0.1) is 0 Å². The molecule has 15 heavy (non-hydrogen) atoms. The van der Waals surface area contributed by atoms with E-state index in [2.05, 4.69) is 22.2 Å². The molecule has 0 aromatic heterocycles. The first-order valence-corrected chi connectivity index (χ1v) is 5.11. The molecule has 5 nitrogen and oxygen atoms in total. The standard InChI is InChI=1S/C10H19N3O2/c1-3-4-12-10(11-2)13-7-9-8-14-5-6-15-9/h3,9H,1,4-8H2,2H3,(H2,11,12,13). The Labute approximate surface area is 90.6 Å². The van der Waals surface area contributed by atoms with Gasteiger partial charge in [0.1, 0.15) is 0 Å². The molecule has 1 aliphatic rings. The van der Waals surface area contributed by atoms with Gasteiger partial charge in [-0.1, -0.05) is 6.08 Å². The van der Waals surface area contributed by atoms with E-state index in [-0.39, 0.29) is 6.10 Å². The van der Waals surface area contributed by atoms with Crippen LogP contribution in [0.2, 0.25) is 0 Å². The van der Waals surface area contributed by atoms with Crippen molar-refractivity contribution in [3.63, 3.8) is 0 Å². The molecule has 0 amide bonds. The maximum absolute atomic E-state index is 5.49. The quantitative estimate of drug-likeness (QED) is 0.384. The average molecular weight is 213 g/mol. The Morgan fingerprint density at radius 2 is 2.40 bits per heavy atom. The summed E-state index contributed by atoms with van der Waals surface area (Å²) in [6.07, 6.45) is 1.90. The summed E-state index contributed by atoms with van der Waals surface area (Å²) in [6, 6.07) is 0. The maximum atomic E-state index is 5.49. The third kappa shape index (κ3) is 4.80. The Bertz CT molecular complexity index is 213. The molecule has 2 N–H and O–H groups in total. The molecule has 1 saturated heterocycles. The normalized spacial score (nSPS) is 22.2. The second-order valence-corrected chi connectivity index (χ2v) is 3.19. The Kier molecular flexibility index (Phi) is 5.80. The van der Waals surface area contributed by atoms with E-state index in [4.69, 9.17) is 9.47 Å². The fourth-order valence-electron chi connectivity index (χ4n) is 1.25. The molecule has 0 radical (unpaired) electrons. The van der Waals surface area contributed by atoms with Gasteiger partial charge in [0.2, 0.25) is 0 Å². The van der Waals surface area contributed by atoms with E-state index in [1.165, 1.54) is 0 Å². The second kappa shape index (κ2) is 7.25. The third-order valence-corrected chi connectivity index (χ3v) is 2.02. The minimum absolute atomic E-state index is 0.112. The highest BCUT2D eigenvalue weighted by molar-refractivity contribution is 5.79. The van der Waals surface area contributed by atoms with Crippen LogP contribution in [0.15, 0.2) is 17.6 Å². The lowest BCUT2D eigenvalue weighted by Crippen LogP contribution is -2.44. The van der Waals surface area contributed by atoms with Crippen molar-refractivity contribution >= 4 is 5.96 Å². The van der Waals surface area contributed by atoms with Gasteiger partial charge >= 0.3 is 0 Å². The third-order valence-electron chi connectivity index (χ3n) is 2.02. The van der Waals surface area contributed by atoms with Crippen molar-refractivity contribution in [2.45, 2.75) is 6.10 Å². The molecule has 0 spiro atoms. The number of rotatable bonds is 4. The van der Waals surface area contributed by atoms with Crippen molar-refractivity contribution in [2.75, 3.05) is 40.0 Å². The molecule has 0 aromatic carbocycles. The Balaban J connectivity index is 2.18. The first kappa shape index (κ1) is 12.0. The van der Waals surface area contributed by atoms with Crippen molar-refractivity contribution in [1.29, 1.82) is 0 Å². The van der Waals surface area contributed by atoms with E-state index < -0.39 is 0 Å². The van der Waals surface area contributed by atoms with E-state index in [0.717, 1.165) is 5.96 Å². The topological polar surface area (TPSA) is 54.9 Å². The molecule has 0 saturated carbocycles. The van der Waals surface area contributed by atoms with E-state index in [1.807, 2.05) is 0 Å². The van der Waals surface area contributed by atoms with Gasteiger partial charge in [0.25, 0.3) is 0 Å². The van der Waals surface area contributed by atoms with E-state index in [1.54, 1.807) is 13.1 Å². The van der Waals surface area contributed by atoms with Crippen LogP contribution in [0.4, 0.5) is 0 Å². The molecule has 0 aliphatic carbocycles. The van der Waals surface area contributed by atoms with Gasteiger partial charge in [-0.15, -0.1) is 6.58 Å². The molecular weight excluding hydrogens is 194 g/mol. The van der Waals surface area contributed by atoms with Gasteiger partial charge in [0.05, 0.1) is 25.9 Å². The van der Waals surface area contributed by atoms with Gasteiger partial charge in [0.15, 0.2) is 5.96 Å². The summed E-state index contributed by atoms with van der Waals surface area (Å²) in [6.45, 7) is 7.04. The minimum atomic E-state index is 0.112. The summed E-state index contributed by atoms with van der Waals surface area (Å²) in [5, 5.41) is 6.24. The molecule has 0 aromatic rings. The van der Waals surface area contributed by atoms with Crippen molar-refractivity contribution in [3.05, 3.63) is 12.7 Å². The number of nitrogens with one attached hydrogen (secondary N) is 2. The summed E-state index contributed by atoms with van der Waals surface area (Å²) >= 11 is 0. The molecule has 1 aliphatic heterocycles. The summed E-state index contributed by atoms with van der Waals surface area (Å²) in [5.41, 5.74) is 0. The van der Waals surface area contributed by atoms with Crippen molar-refractivity contribution < 1.29 is 9.47 Å². The smallest absolute Gasteiger partial charge is 0.191 e. The summed E-state index contributed by atoms with van der Waals surface area (Å²) in [7, 11) is 1.73. The Morgan fingerprint density at radius 1 is 1.53 bits per heavy atom. The zero-order valence-corrected chi connectivity index (χ0v) is 9.16. The molecule has 1 unspecified atom stereocenters. The van der Waals surface area contributed by atoms with Crippen LogP contribution in [-0.4, -0.2) is 52.0 Å². The Morgan fingerprint density at radius 3 is 3.00 bits per heavy atom. The fraction of sp³-hybridized carbons (Fsp3) is 0.700. The number of aliphatic imine (C=N–C) groups is 1. The lowest BCUT2D eigenvalue weighted by Gasteiger charge is -2.23. The molecule has 1 rings (SSSR count). The summed E-state index contributed by atoms with van der Waals surface area (Å²) < 4.78 is 10.8. The zero-order valence-electron chi connectivity index (χ0n) is 9.16. The summed E-state index contributed by atoms with van der Waals surface area (Å²) in [5.74, 6) is 0.754. The highest BCUT2D eigenvalue weighted by Crippen LogP contribution is 1.98. The first-order chi connectivity index (χ1) is 7.36. The van der Waals surface area contributed by atoms with E-state index in [0.29, 0.717) is 32.9 Å². The van der Waals surface area contributed by atoms with Crippen LogP contribution in [-0.2, 0) is 9.47 Å². The van der Waals surface area contributed by atoms with Gasteiger partial charge in [-0.2, -0.15) is 0 Å². The van der Waals surface area contributed by atoms with Crippen molar-refractivity contribution in [2.24, 2.45) is 4.99 Å². The molecular formula is C10H19N3O2. The van der Waals surface area contributed by atoms with Crippen LogP contribution < -0.4 is 10.6 Å². The molecule has 1 atom stereocenters. The van der Waals surface area contributed by atoms with E-state index in [9.17, 15) is 0 Å². The molecule has 0 bridgehead atoms. The second-order valence-electron chi connectivity index (χ2n) is 3.19. The predicted molar refractivity (Wildman–Crippen MR) is 60.1 cm³/mol. The molecule has 86 valence electrons. The number of hydrogen-bond donors (Lipinski definition) is 2. The Hall–Kier alpha value is -1.07. The molecule has 5 heteroatoms. The lowest BCUT2D eigenvalue weighted by atomic mass is 10.3. The molecule has 1 fully saturated rings. The number of ether oxygens (including phenoxy) is 2. The van der Waals surface area contributed by atoms with Gasteiger partial charge in [-0.3, -0.25) is 4.99 Å². The van der Waals surface area contributed by atoms with Crippen LogP contribution in [0.3, 0.4) is 0 Å². The minimum Gasteiger partial charge on any atom is -0.376 e. The van der Waals surface area contributed by atoms with Crippen LogP contribution in [0.1, 0.15) is 0 Å². The summed E-state index contributed by atoms with van der Waals surface area (Å²) in [4.78, 5) is 4.06. The van der Waals surface area contributed by atoms with Crippen LogP contribution in [0.5, 0.6) is 0 Å². The van der Waals surface area contributed by atoms with Crippen molar-refractivity contribution in [3.8, 4) is 0 Å². The highest BCUT2D eigenvalue weighted by atomic mass is 16.6. The highest BCUT2D eigenvalue weighted by Gasteiger charge is 2.14. The van der Waals surface area contributed by atoms with Gasteiger partial charge in [-0.05, 0) is 0 Å². The van der Waals surface area contributed by atoms with E-state index >= 15 is 0 Å². The van der Waals surface area contributed by atoms with Gasteiger partial charge < -0.3 is 20.1 Å². The van der Waals surface area contributed by atoms with Crippen LogP contribution in [0.25, 0.3) is 0 Å². The SMILES string of the molecule is C=CCNC(=NC)NCC1COCCO1. The number of guanidine groups is 1. The molecule has 1 heterocycles. The predicted octanol–water partition coefficient (Wildman–Crippen LogP) is -0.247. The lowest BCUT2D eigenvalue weighted by molar-refractivity contribution is -0.0850. The van der Waals surface area contributed by atoms with Crippen molar-refractivity contribution in [1.82, 2.24) is 10.6 Å². The van der Waals surface area contributed by atoms with Crippen LogP contribution >= 0.6 is 0 Å². The van der Waals surface area contributed by atoms with Gasteiger partial charge in [-0.25, -0.2) is 0 Å². The van der Waals surface area contributed by atoms with Gasteiger partial charge in [0, 0.05) is 20.1 Å². The zero-order chi connectivity index (χ0) is 10.9. The average Bonchev–Trinajstić information content (AvgIpc) is 2.31. The maximum Gasteiger partial charge on any atom is 0.191 e. The monoisotopic (exact) mass is 213 g/mol.